The Morgan fingerprint density at radius 3 is 2.82 bits per heavy atom. The molecule has 0 fully saturated rings. The van der Waals surface area contributed by atoms with Crippen molar-refractivity contribution in [3.05, 3.63) is 0 Å². The van der Waals surface area contributed by atoms with Crippen LogP contribution in [0.25, 0.3) is 0 Å². The van der Waals surface area contributed by atoms with E-state index < -0.39 is 0 Å². The molecule has 0 spiro atoms. The van der Waals surface area contributed by atoms with Crippen LogP contribution in [0, 0.1) is 0 Å². The molecule has 0 bridgehead atoms. The first kappa shape index (κ1) is 10.9. The molecule has 4 heteroatoms. The fraction of sp³-hybridized carbons (Fsp3) is 0.857. The zero-order valence-electron chi connectivity index (χ0n) is 6.87. The number of rotatable bonds is 6. The van der Waals surface area contributed by atoms with Crippen molar-refractivity contribution >= 4 is 17.5 Å². The first-order valence-corrected chi connectivity index (χ1v) is 4.48. The lowest BCUT2D eigenvalue weighted by molar-refractivity contribution is -0.120. The second kappa shape index (κ2) is 6.64. The Kier molecular flexibility index (Phi) is 6.60. The predicted molar refractivity (Wildman–Crippen MR) is 45.9 cm³/mol. The molecule has 1 atom stereocenters. The molecule has 0 aliphatic rings. The topological polar surface area (TPSA) is 46.5 Å². The molecule has 0 saturated heterocycles. The van der Waals surface area contributed by atoms with Crippen molar-refractivity contribution < 1.29 is 14.6 Å². The van der Waals surface area contributed by atoms with Gasteiger partial charge >= 0.3 is 0 Å². The van der Waals surface area contributed by atoms with Crippen LogP contribution in [0.3, 0.4) is 0 Å². The molecule has 0 aromatic carbocycles. The van der Waals surface area contributed by atoms with Gasteiger partial charge in [0, 0.05) is 12.4 Å². The van der Waals surface area contributed by atoms with E-state index in [0.717, 1.165) is 0 Å². The van der Waals surface area contributed by atoms with Gasteiger partial charge in [-0.25, -0.2) is 0 Å². The van der Waals surface area contributed by atoms with Crippen LogP contribution in [-0.2, 0) is 9.53 Å². The van der Waals surface area contributed by atoms with E-state index in [0.29, 0.717) is 5.75 Å². The predicted octanol–water partition coefficient (Wildman–Crippen LogP) is 0.316. The quantitative estimate of drug-likeness (QED) is 0.636. The Morgan fingerprint density at radius 2 is 2.36 bits per heavy atom. The SMILES string of the molecule is COCC(=O)CSC(C)CO. The number of aliphatic hydroxyl groups excluding tert-OH is 1. The molecule has 0 aliphatic carbocycles. The summed E-state index contributed by atoms with van der Waals surface area (Å²) in [4.78, 5) is 10.8. The maximum atomic E-state index is 10.8. The monoisotopic (exact) mass is 178 g/mol. The van der Waals surface area contributed by atoms with Gasteiger partial charge in [0.1, 0.15) is 6.61 Å². The van der Waals surface area contributed by atoms with E-state index in [2.05, 4.69) is 4.74 Å². The van der Waals surface area contributed by atoms with Crippen LogP contribution < -0.4 is 0 Å². The molecule has 0 heterocycles. The summed E-state index contributed by atoms with van der Waals surface area (Å²) < 4.78 is 4.64. The average Bonchev–Trinajstić information content (AvgIpc) is 2.01. The van der Waals surface area contributed by atoms with E-state index in [4.69, 9.17) is 5.11 Å². The number of aliphatic hydroxyl groups is 1. The minimum atomic E-state index is 0.0674. The molecule has 0 saturated carbocycles. The van der Waals surface area contributed by atoms with Gasteiger partial charge < -0.3 is 9.84 Å². The molecule has 1 N–H and O–H groups in total. The molecule has 11 heavy (non-hydrogen) atoms. The van der Waals surface area contributed by atoms with E-state index in [-0.39, 0.29) is 24.2 Å². The number of ether oxygens (including phenoxy) is 1. The van der Waals surface area contributed by atoms with Crippen LogP contribution in [-0.4, -0.2) is 42.2 Å². The highest BCUT2D eigenvalue weighted by Crippen LogP contribution is 2.08. The first-order valence-electron chi connectivity index (χ1n) is 3.43. The summed E-state index contributed by atoms with van der Waals surface area (Å²) in [5.41, 5.74) is 0. The zero-order valence-corrected chi connectivity index (χ0v) is 7.69. The smallest absolute Gasteiger partial charge is 0.168 e. The molecule has 0 aromatic heterocycles. The van der Waals surface area contributed by atoms with E-state index in [1.54, 1.807) is 0 Å². The van der Waals surface area contributed by atoms with E-state index in [1.807, 2.05) is 6.92 Å². The standard InChI is InChI=1S/C7H14O3S/c1-6(3-8)11-5-7(9)4-10-2/h6,8H,3-5H2,1-2H3. The highest BCUT2D eigenvalue weighted by atomic mass is 32.2. The summed E-state index contributed by atoms with van der Waals surface area (Å²) in [5, 5.41) is 8.75. The third kappa shape index (κ3) is 6.34. The van der Waals surface area contributed by atoms with Crippen molar-refractivity contribution in [2.45, 2.75) is 12.2 Å². The number of Topliss-reactive ketones (excluding diaryl/α,β-unsaturated/α-hetero) is 1. The van der Waals surface area contributed by atoms with E-state index in [9.17, 15) is 4.79 Å². The third-order valence-corrected chi connectivity index (χ3v) is 2.30. The number of methoxy groups -OCH3 is 1. The maximum Gasteiger partial charge on any atom is 0.168 e. The van der Waals surface area contributed by atoms with Gasteiger partial charge in [-0.3, -0.25) is 4.79 Å². The van der Waals surface area contributed by atoms with Crippen molar-refractivity contribution in [3.63, 3.8) is 0 Å². The molecule has 1 unspecified atom stereocenters. The van der Waals surface area contributed by atoms with Crippen LogP contribution in [0.1, 0.15) is 6.92 Å². The van der Waals surface area contributed by atoms with Gasteiger partial charge in [0.25, 0.3) is 0 Å². The second-order valence-electron chi connectivity index (χ2n) is 2.28. The Bertz CT molecular complexity index is 116. The molecule has 0 amide bonds. The summed E-state index contributed by atoms with van der Waals surface area (Å²) in [5.74, 6) is 0.494. The fourth-order valence-corrected chi connectivity index (χ4v) is 1.15. The number of hydrogen-bond acceptors (Lipinski definition) is 4. The zero-order chi connectivity index (χ0) is 8.69. The Labute approximate surface area is 71.1 Å². The van der Waals surface area contributed by atoms with Crippen LogP contribution in [0.2, 0.25) is 0 Å². The van der Waals surface area contributed by atoms with Crippen LogP contribution >= 0.6 is 11.8 Å². The average molecular weight is 178 g/mol. The van der Waals surface area contributed by atoms with Crippen molar-refractivity contribution in [1.82, 2.24) is 0 Å². The normalized spacial score (nSPS) is 13.0. The summed E-state index contributed by atoms with van der Waals surface area (Å²) in [6.07, 6.45) is 0. The first-order chi connectivity index (χ1) is 5.20. The molecular formula is C7H14O3S. The van der Waals surface area contributed by atoms with Crippen molar-refractivity contribution in [3.8, 4) is 0 Å². The number of thioether (sulfide) groups is 1. The minimum absolute atomic E-state index is 0.0674. The lowest BCUT2D eigenvalue weighted by atomic mass is 10.5. The second-order valence-corrected chi connectivity index (χ2v) is 3.70. The van der Waals surface area contributed by atoms with Crippen LogP contribution in [0.5, 0.6) is 0 Å². The summed E-state index contributed by atoms with van der Waals surface area (Å²) in [6.45, 7) is 2.17. The maximum absolute atomic E-state index is 10.8. The van der Waals surface area contributed by atoms with Crippen molar-refractivity contribution in [2.24, 2.45) is 0 Å². The molecular weight excluding hydrogens is 164 g/mol. The summed E-state index contributed by atoms with van der Waals surface area (Å²) in [7, 11) is 1.50. The van der Waals surface area contributed by atoms with Crippen LogP contribution in [0.4, 0.5) is 0 Å². The largest absolute Gasteiger partial charge is 0.395 e. The fourth-order valence-electron chi connectivity index (χ4n) is 0.491. The number of hydrogen-bond donors (Lipinski definition) is 1. The molecule has 0 aromatic rings. The van der Waals surface area contributed by atoms with Gasteiger partial charge in [0.05, 0.1) is 12.4 Å². The van der Waals surface area contributed by atoms with Gasteiger partial charge in [-0.2, -0.15) is 0 Å². The van der Waals surface area contributed by atoms with Gasteiger partial charge in [0.15, 0.2) is 5.78 Å². The third-order valence-electron chi connectivity index (χ3n) is 1.09. The van der Waals surface area contributed by atoms with Gasteiger partial charge in [-0.1, -0.05) is 6.92 Å². The number of carbonyl (C=O) groups excluding carboxylic acids is 1. The Morgan fingerprint density at radius 1 is 1.73 bits per heavy atom. The lowest BCUT2D eigenvalue weighted by Crippen LogP contribution is -2.13. The van der Waals surface area contributed by atoms with Gasteiger partial charge in [-0.05, 0) is 0 Å². The number of carbonyl (C=O) groups is 1. The van der Waals surface area contributed by atoms with Gasteiger partial charge in [-0.15, -0.1) is 11.8 Å². The summed E-state index contributed by atoms with van der Waals surface area (Å²) in [6, 6.07) is 0. The molecule has 0 rings (SSSR count). The molecule has 0 aliphatic heterocycles. The van der Waals surface area contributed by atoms with Crippen molar-refractivity contribution in [1.29, 1.82) is 0 Å². The Hall–Kier alpha value is -0.0600. The lowest BCUT2D eigenvalue weighted by Gasteiger charge is -2.05. The van der Waals surface area contributed by atoms with E-state index in [1.165, 1.54) is 18.9 Å². The van der Waals surface area contributed by atoms with Crippen molar-refractivity contribution in [2.75, 3.05) is 26.1 Å². The highest BCUT2D eigenvalue weighted by molar-refractivity contribution is 8.00. The van der Waals surface area contributed by atoms with Gasteiger partial charge in [0.2, 0.25) is 0 Å². The molecule has 66 valence electrons. The molecule has 0 radical (unpaired) electrons. The summed E-state index contributed by atoms with van der Waals surface area (Å²) >= 11 is 1.44. The Balaban J connectivity index is 3.30. The number of ketones is 1. The van der Waals surface area contributed by atoms with E-state index >= 15 is 0 Å². The molecule has 3 nitrogen and oxygen atoms in total. The highest BCUT2D eigenvalue weighted by Gasteiger charge is 2.04. The van der Waals surface area contributed by atoms with Crippen LogP contribution in [0.15, 0.2) is 0 Å². The minimum Gasteiger partial charge on any atom is -0.395 e.